The van der Waals surface area contributed by atoms with Crippen molar-refractivity contribution in [3.05, 3.63) is 21.4 Å². The van der Waals surface area contributed by atoms with Crippen LogP contribution in [-0.4, -0.2) is 15.0 Å². The Morgan fingerprint density at radius 3 is 3.00 bits per heavy atom. The van der Waals surface area contributed by atoms with Gasteiger partial charge < -0.3 is 4.74 Å². The number of hydrogen-bond acceptors (Lipinski definition) is 4. The van der Waals surface area contributed by atoms with Crippen molar-refractivity contribution < 1.29 is 13.2 Å². The van der Waals surface area contributed by atoms with Crippen LogP contribution in [0.1, 0.15) is 15.3 Å². The van der Waals surface area contributed by atoms with Gasteiger partial charge in [0.1, 0.15) is 0 Å². The molecule has 0 fully saturated rings. The van der Waals surface area contributed by atoms with Crippen molar-refractivity contribution >= 4 is 31.1 Å². The van der Waals surface area contributed by atoms with Crippen LogP contribution in [0.2, 0.25) is 0 Å². The molecule has 0 saturated heterocycles. The highest BCUT2D eigenvalue weighted by Gasteiger charge is 2.16. The molecule has 0 spiro atoms. The monoisotopic (exact) mass is 252 g/mol. The highest BCUT2D eigenvalue weighted by atomic mass is 35.7. The summed E-state index contributed by atoms with van der Waals surface area (Å²) in [7, 11) is 1.74. The van der Waals surface area contributed by atoms with Crippen molar-refractivity contribution in [3.63, 3.8) is 0 Å². The molecule has 1 aliphatic heterocycles. The van der Waals surface area contributed by atoms with Gasteiger partial charge in [0.25, 0.3) is 0 Å². The summed E-state index contributed by atoms with van der Waals surface area (Å²) in [6.07, 6.45) is 0.877. The summed E-state index contributed by atoms with van der Waals surface area (Å²) in [5.74, 6) is -0.0772. The first kappa shape index (κ1) is 10.4. The lowest BCUT2D eigenvalue weighted by atomic mass is 10.2. The van der Waals surface area contributed by atoms with Gasteiger partial charge in [-0.2, -0.15) is 0 Å². The molecule has 0 N–H and O–H groups in total. The van der Waals surface area contributed by atoms with Gasteiger partial charge in [-0.15, -0.1) is 11.3 Å². The van der Waals surface area contributed by atoms with Gasteiger partial charge in [0.15, 0.2) is 0 Å². The first-order valence-corrected chi connectivity index (χ1v) is 7.44. The largest absolute Gasteiger partial charge is 0.376 e. The second-order valence-corrected chi connectivity index (χ2v) is 7.15. The summed E-state index contributed by atoms with van der Waals surface area (Å²) >= 11 is 1.52. The lowest BCUT2D eigenvalue weighted by Gasteiger charge is -2.10. The molecular weight excluding hydrogens is 244 g/mol. The van der Waals surface area contributed by atoms with Crippen LogP contribution in [0.3, 0.4) is 0 Å². The number of fused-ring (bicyclic) bond motifs is 1. The molecule has 1 aromatic heterocycles. The average Bonchev–Trinajstić information content (AvgIpc) is 2.42. The zero-order valence-electron chi connectivity index (χ0n) is 7.32. The summed E-state index contributed by atoms with van der Waals surface area (Å²) in [6.45, 7) is 1.31. The van der Waals surface area contributed by atoms with Crippen molar-refractivity contribution in [2.45, 2.75) is 18.8 Å². The molecule has 2 heterocycles. The highest BCUT2D eigenvalue weighted by molar-refractivity contribution is 8.13. The smallest absolute Gasteiger partial charge is 0.237 e. The standard InChI is InChI=1S/C8H9ClO3S2/c9-14(10,11)5-7-3-6-4-12-2-1-8(6)13-7/h3H,1-2,4-5H2. The van der Waals surface area contributed by atoms with E-state index in [1.165, 1.54) is 16.2 Å². The van der Waals surface area contributed by atoms with Crippen molar-refractivity contribution in [3.8, 4) is 0 Å². The first-order valence-electron chi connectivity index (χ1n) is 4.15. The highest BCUT2D eigenvalue weighted by Crippen LogP contribution is 2.28. The summed E-state index contributed by atoms with van der Waals surface area (Å²) in [4.78, 5) is 2.03. The SMILES string of the molecule is O=S(=O)(Cl)Cc1cc2c(s1)CCOC2. The van der Waals surface area contributed by atoms with E-state index in [1.807, 2.05) is 6.07 Å². The molecule has 1 aliphatic rings. The minimum absolute atomic E-state index is 0.0772. The molecule has 0 aliphatic carbocycles. The van der Waals surface area contributed by atoms with E-state index in [9.17, 15) is 8.42 Å². The number of thiophene rings is 1. The van der Waals surface area contributed by atoms with Gasteiger partial charge in [-0.3, -0.25) is 0 Å². The minimum atomic E-state index is -3.43. The van der Waals surface area contributed by atoms with E-state index in [4.69, 9.17) is 15.4 Å². The molecule has 0 aromatic carbocycles. The minimum Gasteiger partial charge on any atom is -0.376 e. The van der Waals surface area contributed by atoms with Crippen LogP contribution in [0.15, 0.2) is 6.07 Å². The lowest BCUT2D eigenvalue weighted by molar-refractivity contribution is 0.112. The topological polar surface area (TPSA) is 43.4 Å². The summed E-state index contributed by atoms with van der Waals surface area (Å²) in [5, 5.41) is 0. The van der Waals surface area contributed by atoms with Crippen molar-refractivity contribution in [1.29, 1.82) is 0 Å². The van der Waals surface area contributed by atoms with Gasteiger partial charge in [0, 0.05) is 26.9 Å². The predicted molar refractivity (Wildman–Crippen MR) is 56.2 cm³/mol. The molecule has 78 valence electrons. The Labute approximate surface area is 91.1 Å². The predicted octanol–water partition coefficient (Wildman–Crippen LogP) is 1.89. The van der Waals surface area contributed by atoms with Crippen LogP contribution < -0.4 is 0 Å². The Balaban J connectivity index is 2.24. The van der Waals surface area contributed by atoms with Crippen LogP contribution in [0, 0.1) is 0 Å². The zero-order valence-corrected chi connectivity index (χ0v) is 9.71. The molecule has 1 aromatic rings. The first-order chi connectivity index (χ1) is 6.54. The molecule has 0 saturated carbocycles. The second kappa shape index (κ2) is 3.81. The molecule has 14 heavy (non-hydrogen) atoms. The van der Waals surface area contributed by atoms with Gasteiger partial charge in [-0.05, 0) is 11.6 Å². The van der Waals surface area contributed by atoms with Crippen molar-refractivity contribution in [1.82, 2.24) is 0 Å². The van der Waals surface area contributed by atoms with Gasteiger partial charge in [0.2, 0.25) is 9.05 Å². The summed E-state index contributed by atoms with van der Waals surface area (Å²) < 4.78 is 27.0. The number of hydrogen-bond donors (Lipinski definition) is 0. The van der Waals surface area contributed by atoms with Crippen molar-refractivity contribution in [2.75, 3.05) is 6.61 Å². The third-order valence-electron chi connectivity index (χ3n) is 1.99. The van der Waals surface area contributed by atoms with E-state index in [-0.39, 0.29) is 5.75 Å². The van der Waals surface area contributed by atoms with E-state index in [2.05, 4.69) is 0 Å². The number of halogens is 1. The molecular formula is C8H9ClO3S2. The fourth-order valence-corrected chi connectivity index (χ4v) is 4.07. The third-order valence-corrected chi connectivity index (χ3v) is 4.40. The molecule has 0 unspecified atom stereocenters. The summed E-state index contributed by atoms with van der Waals surface area (Å²) in [5.41, 5.74) is 1.11. The van der Waals surface area contributed by atoms with Gasteiger partial charge >= 0.3 is 0 Å². The molecule has 0 bridgehead atoms. The molecule has 2 rings (SSSR count). The van der Waals surface area contributed by atoms with Gasteiger partial charge in [0.05, 0.1) is 19.0 Å². The molecule has 0 radical (unpaired) electrons. The summed E-state index contributed by atoms with van der Waals surface area (Å²) in [6, 6.07) is 1.87. The van der Waals surface area contributed by atoms with E-state index in [0.717, 1.165) is 23.5 Å². The van der Waals surface area contributed by atoms with E-state index in [1.54, 1.807) is 0 Å². The fraction of sp³-hybridized carbons (Fsp3) is 0.500. The average molecular weight is 253 g/mol. The Morgan fingerprint density at radius 2 is 2.36 bits per heavy atom. The number of rotatable bonds is 2. The third kappa shape index (κ3) is 2.48. The maximum Gasteiger partial charge on any atom is 0.237 e. The van der Waals surface area contributed by atoms with Crippen LogP contribution in [-0.2, 0) is 32.6 Å². The lowest BCUT2D eigenvalue weighted by Crippen LogP contribution is -2.05. The molecule has 6 heteroatoms. The maximum atomic E-state index is 10.9. The molecule has 3 nitrogen and oxygen atoms in total. The Hall–Kier alpha value is -0.100. The van der Waals surface area contributed by atoms with E-state index >= 15 is 0 Å². The Bertz CT molecular complexity index is 412. The zero-order chi connectivity index (χ0) is 10.2. The van der Waals surface area contributed by atoms with E-state index in [0.29, 0.717) is 6.61 Å². The molecule has 0 amide bonds. The Kier molecular flexibility index (Phi) is 2.83. The van der Waals surface area contributed by atoms with Crippen LogP contribution >= 0.6 is 22.0 Å². The number of ether oxygens (including phenoxy) is 1. The van der Waals surface area contributed by atoms with Crippen LogP contribution in [0.4, 0.5) is 0 Å². The Morgan fingerprint density at radius 1 is 1.57 bits per heavy atom. The van der Waals surface area contributed by atoms with Gasteiger partial charge in [-0.25, -0.2) is 8.42 Å². The normalized spacial score (nSPS) is 16.6. The van der Waals surface area contributed by atoms with Crippen LogP contribution in [0.5, 0.6) is 0 Å². The second-order valence-electron chi connectivity index (χ2n) is 3.15. The molecule has 0 atom stereocenters. The van der Waals surface area contributed by atoms with Crippen LogP contribution in [0.25, 0.3) is 0 Å². The van der Waals surface area contributed by atoms with E-state index < -0.39 is 9.05 Å². The fourth-order valence-electron chi connectivity index (χ4n) is 1.45. The maximum absolute atomic E-state index is 10.9. The quantitative estimate of drug-likeness (QED) is 0.755. The van der Waals surface area contributed by atoms with Gasteiger partial charge in [-0.1, -0.05) is 0 Å². The van der Waals surface area contributed by atoms with Crippen molar-refractivity contribution in [2.24, 2.45) is 0 Å².